The van der Waals surface area contributed by atoms with Crippen molar-refractivity contribution in [3.8, 4) is 0 Å². The Morgan fingerprint density at radius 1 is 1.56 bits per heavy atom. The Morgan fingerprint density at radius 2 is 2.22 bits per heavy atom. The molecule has 54 valence electrons. The van der Waals surface area contributed by atoms with E-state index >= 15 is 0 Å². The predicted octanol–water partition coefficient (Wildman–Crippen LogP) is 1.51. The van der Waals surface area contributed by atoms with Crippen molar-refractivity contribution in [1.29, 1.82) is 0 Å². The first-order valence-electron chi connectivity index (χ1n) is 3.50. The summed E-state index contributed by atoms with van der Waals surface area (Å²) in [5.74, 6) is 2.10. The van der Waals surface area contributed by atoms with Gasteiger partial charge in [-0.1, -0.05) is 0 Å². The molecule has 1 fully saturated rings. The fraction of sp³-hybridized carbons (Fsp3) is 1.00. The van der Waals surface area contributed by atoms with E-state index < -0.39 is 0 Å². The number of hydrogen-bond donors (Lipinski definition) is 1. The van der Waals surface area contributed by atoms with Crippen molar-refractivity contribution in [1.82, 2.24) is 0 Å². The molecule has 0 aliphatic heterocycles. The molecule has 1 N–H and O–H groups in total. The first-order valence-corrected chi connectivity index (χ1v) is 4.89. The van der Waals surface area contributed by atoms with Gasteiger partial charge in [-0.05, 0) is 37.2 Å². The highest BCUT2D eigenvalue weighted by molar-refractivity contribution is 7.98. The van der Waals surface area contributed by atoms with Gasteiger partial charge < -0.3 is 5.11 Å². The Labute approximate surface area is 60.8 Å². The van der Waals surface area contributed by atoms with E-state index in [1.165, 1.54) is 12.2 Å². The second-order valence-electron chi connectivity index (χ2n) is 2.77. The van der Waals surface area contributed by atoms with Gasteiger partial charge in [-0.2, -0.15) is 11.8 Å². The molecular formula is C7H14OS. The second kappa shape index (κ2) is 3.47. The first kappa shape index (κ1) is 7.42. The van der Waals surface area contributed by atoms with Crippen LogP contribution in [0.1, 0.15) is 19.3 Å². The molecule has 0 amide bonds. The standard InChI is InChI=1S/C7H14OS/c1-9-3-2-6-4-7(8)5-6/h6-8H,2-5H2,1H3. The monoisotopic (exact) mass is 146 g/mol. The second-order valence-corrected chi connectivity index (χ2v) is 3.76. The molecule has 1 aliphatic carbocycles. The lowest BCUT2D eigenvalue weighted by Crippen LogP contribution is -2.28. The maximum absolute atomic E-state index is 8.91. The molecule has 0 aromatic rings. The van der Waals surface area contributed by atoms with Crippen LogP contribution in [0.25, 0.3) is 0 Å². The van der Waals surface area contributed by atoms with E-state index in [9.17, 15) is 0 Å². The third-order valence-corrected chi connectivity index (χ3v) is 2.58. The van der Waals surface area contributed by atoms with Crippen LogP contribution in [-0.2, 0) is 0 Å². The minimum Gasteiger partial charge on any atom is -0.393 e. The molecule has 0 bridgehead atoms. The highest BCUT2D eigenvalue weighted by Crippen LogP contribution is 2.30. The molecule has 0 atom stereocenters. The molecule has 0 radical (unpaired) electrons. The van der Waals surface area contributed by atoms with Crippen LogP contribution >= 0.6 is 11.8 Å². The molecule has 2 heteroatoms. The van der Waals surface area contributed by atoms with Crippen LogP contribution in [0.15, 0.2) is 0 Å². The lowest BCUT2D eigenvalue weighted by Gasteiger charge is -2.30. The zero-order chi connectivity index (χ0) is 6.69. The van der Waals surface area contributed by atoms with Crippen LogP contribution in [0, 0.1) is 5.92 Å². The summed E-state index contributed by atoms with van der Waals surface area (Å²) in [6.07, 6.45) is 5.59. The summed E-state index contributed by atoms with van der Waals surface area (Å²) in [5.41, 5.74) is 0. The largest absolute Gasteiger partial charge is 0.393 e. The first-order chi connectivity index (χ1) is 4.33. The number of thioether (sulfide) groups is 1. The van der Waals surface area contributed by atoms with Crippen LogP contribution in [0.4, 0.5) is 0 Å². The number of hydrogen-bond acceptors (Lipinski definition) is 2. The molecule has 1 saturated carbocycles. The molecule has 9 heavy (non-hydrogen) atoms. The maximum Gasteiger partial charge on any atom is 0.0545 e. The van der Waals surface area contributed by atoms with Crippen molar-refractivity contribution in [2.24, 2.45) is 5.92 Å². The molecule has 0 heterocycles. The molecule has 0 saturated heterocycles. The smallest absolute Gasteiger partial charge is 0.0545 e. The van der Waals surface area contributed by atoms with E-state index in [4.69, 9.17) is 5.11 Å². The normalized spacial score (nSPS) is 34.0. The lowest BCUT2D eigenvalue weighted by atomic mass is 9.81. The topological polar surface area (TPSA) is 20.2 Å². The summed E-state index contributed by atoms with van der Waals surface area (Å²) in [6, 6.07) is 0. The highest BCUT2D eigenvalue weighted by Gasteiger charge is 2.25. The minimum absolute atomic E-state index is 0.0388. The van der Waals surface area contributed by atoms with Crippen LogP contribution in [-0.4, -0.2) is 23.2 Å². The summed E-state index contributed by atoms with van der Waals surface area (Å²) in [7, 11) is 0. The highest BCUT2D eigenvalue weighted by atomic mass is 32.2. The van der Waals surface area contributed by atoms with Crippen LogP contribution < -0.4 is 0 Å². The van der Waals surface area contributed by atoms with E-state index in [0.717, 1.165) is 18.8 Å². The lowest BCUT2D eigenvalue weighted by molar-refractivity contribution is 0.0419. The van der Waals surface area contributed by atoms with Gasteiger partial charge in [-0.25, -0.2) is 0 Å². The Hall–Kier alpha value is 0.310. The third-order valence-electron chi connectivity index (χ3n) is 1.94. The molecule has 0 spiro atoms. The zero-order valence-electron chi connectivity index (χ0n) is 5.84. The van der Waals surface area contributed by atoms with Gasteiger partial charge >= 0.3 is 0 Å². The molecular weight excluding hydrogens is 132 g/mol. The van der Waals surface area contributed by atoms with Crippen molar-refractivity contribution >= 4 is 11.8 Å². The van der Waals surface area contributed by atoms with E-state index in [-0.39, 0.29) is 6.10 Å². The molecule has 1 nitrogen and oxygen atoms in total. The summed E-state index contributed by atoms with van der Waals surface area (Å²) in [6.45, 7) is 0. The zero-order valence-corrected chi connectivity index (χ0v) is 6.66. The van der Waals surface area contributed by atoms with Crippen molar-refractivity contribution in [2.75, 3.05) is 12.0 Å². The van der Waals surface area contributed by atoms with E-state index in [2.05, 4.69) is 6.26 Å². The molecule has 0 unspecified atom stereocenters. The SMILES string of the molecule is CSCCC1CC(O)C1. The average molecular weight is 146 g/mol. The van der Waals surface area contributed by atoms with E-state index in [1.807, 2.05) is 11.8 Å². The van der Waals surface area contributed by atoms with Gasteiger partial charge in [0.05, 0.1) is 6.10 Å². The van der Waals surface area contributed by atoms with Gasteiger partial charge in [0.2, 0.25) is 0 Å². The van der Waals surface area contributed by atoms with E-state index in [0.29, 0.717) is 0 Å². The van der Waals surface area contributed by atoms with E-state index in [1.54, 1.807) is 0 Å². The quantitative estimate of drug-likeness (QED) is 0.651. The minimum atomic E-state index is 0.0388. The van der Waals surface area contributed by atoms with Crippen molar-refractivity contribution < 1.29 is 5.11 Å². The summed E-state index contributed by atoms with van der Waals surface area (Å²) in [4.78, 5) is 0. The fourth-order valence-corrected chi connectivity index (χ4v) is 1.79. The third kappa shape index (κ3) is 2.18. The average Bonchev–Trinajstić information content (AvgIpc) is 1.78. The van der Waals surface area contributed by atoms with Crippen molar-refractivity contribution in [3.05, 3.63) is 0 Å². The Kier molecular flexibility index (Phi) is 2.86. The maximum atomic E-state index is 8.91. The van der Waals surface area contributed by atoms with Gasteiger partial charge in [-0.15, -0.1) is 0 Å². The molecule has 0 aromatic heterocycles. The van der Waals surface area contributed by atoms with Gasteiger partial charge in [-0.3, -0.25) is 0 Å². The Morgan fingerprint density at radius 3 is 2.67 bits per heavy atom. The van der Waals surface area contributed by atoms with Gasteiger partial charge in [0, 0.05) is 0 Å². The number of aliphatic hydroxyl groups excluding tert-OH is 1. The van der Waals surface area contributed by atoms with Crippen molar-refractivity contribution in [2.45, 2.75) is 25.4 Å². The summed E-state index contributed by atoms with van der Waals surface area (Å²) in [5, 5.41) is 8.91. The van der Waals surface area contributed by atoms with Crippen LogP contribution in [0.2, 0.25) is 0 Å². The molecule has 0 aromatic carbocycles. The molecule has 1 rings (SSSR count). The fourth-order valence-electron chi connectivity index (χ4n) is 1.22. The van der Waals surface area contributed by atoms with Crippen LogP contribution in [0.3, 0.4) is 0 Å². The van der Waals surface area contributed by atoms with Gasteiger partial charge in [0.15, 0.2) is 0 Å². The predicted molar refractivity (Wildman–Crippen MR) is 41.7 cm³/mol. The summed E-state index contributed by atoms with van der Waals surface area (Å²) < 4.78 is 0. The number of rotatable bonds is 3. The summed E-state index contributed by atoms with van der Waals surface area (Å²) >= 11 is 1.90. The van der Waals surface area contributed by atoms with Gasteiger partial charge in [0.1, 0.15) is 0 Å². The van der Waals surface area contributed by atoms with Crippen molar-refractivity contribution in [3.63, 3.8) is 0 Å². The Bertz CT molecular complexity index is 79.0. The van der Waals surface area contributed by atoms with Crippen LogP contribution in [0.5, 0.6) is 0 Å². The molecule has 1 aliphatic rings. The number of aliphatic hydroxyl groups is 1. The van der Waals surface area contributed by atoms with Gasteiger partial charge in [0.25, 0.3) is 0 Å². The Balaban J connectivity index is 1.91.